The number of rotatable bonds is 3. The molecule has 2 rings (SSSR count). The van der Waals surface area contributed by atoms with Gasteiger partial charge < -0.3 is 10.7 Å². The van der Waals surface area contributed by atoms with Crippen molar-refractivity contribution >= 4 is 11.2 Å². The minimum Gasteiger partial charge on any atom is -0.340 e. The zero-order valence-electron chi connectivity index (χ0n) is 10.0. The van der Waals surface area contributed by atoms with Gasteiger partial charge in [0.15, 0.2) is 5.65 Å². The third kappa shape index (κ3) is 1.69. The maximum absolute atomic E-state index is 5.82. The molecule has 4 nitrogen and oxygen atoms in total. The van der Waals surface area contributed by atoms with E-state index >= 15 is 0 Å². The van der Waals surface area contributed by atoms with Crippen LogP contribution in [0, 0.1) is 6.92 Å². The average Bonchev–Trinajstić information content (AvgIpc) is 2.71. The van der Waals surface area contributed by atoms with Crippen LogP contribution in [0.5, 0.6) is 0 Å². The summed E-state index contributed by atoms with van der Waals surface area (Å²) in [6.45, 7) is 6.85. The van der Waals surface area contributed by atoms with Crippen molar-refractivity contribution in [1.82, 2.24) is 15.0 Å². The zero-order chi connectivity index (χ0) is 11.8. The number of aryl methyl sites for hydroxylation is 1. The normalized spacial score (nSPS) is 15.2. The van der Waals surface area contributed by atoms with Crippen LogP contribution in [0.1, 0.15) is 31.7 Å². The summed E-state index contributed by atoms with van der Waals surface area (Å²) in [5.41, 5.74) is 8.63. The highest BCUT2D eigenvalue weighted by Gasteiger charge is 2.26. The van der Waals surface area contributed by atoms with E-state index in [9.17, 15) is 0 Å². The minimum atomic E-state index is -0.0887. The summed E-state index contributed by atoms with van der Waals surface area (Å²) >= 11 is 0. The van der Waals surface area contributed by atoms with E-state index < -0.39 is 0 Å². The second kappa shape index (κ2) is 3.87. The molecule has 16 heavy (non-hydrogen) atoms. The van der Waals surface area contributed by atoms with Crippen LogP contribution in [-0.4, -0.2) is 21.5 Å². The van der Waals surface area contributed by atoms with Crippen LogP contribution in [0.4, 0.5) is 0 Å². The summed E-state index contributed by atoms with van der Waals surface area (Å²) in [4.78, 5) is 12.1. The van der Waals surface area contributed by atoms with Gasteiger partial charge in [0.2, 0.25) is 0 Å². The highest BCUT2D eigenvalue weighted by Crippen LogP contribution is 2.25. The van der Waals surface area contributed by atoms with Crippen LogP contribution in [-0.2, 0) is 5.41 Å². The van der Waals surface area contributed by atoms with Crippen molar-refractivity contribution in [3.63, 3.8) is 0 Å². The lowest BCUT2D eigenvalue weighted by Crippen LogP contribution is -2.32. The summed E-state index contributed by atoms with van der Waals surface area (Å²) < 4.78 is 0. The van der Waals surface area contributed by atoms with E-state index in [0.29, 0.717) is 6.54 Å². The first-order chi connectivity index (χ1) is 7.59. The van der Waals surface area contributed by atoms with Crippen molar-refractivity contribution in [2.24, 2.45) is 5.73 Å². The Morgan fingerprint density at radius 1 is 1.50 bits per heavy atom. The van der Waals surface area contributed by atoms with Crippen molar-refractivity contribution in [2.45, 2.75) is 32.6 Å². The molecule has 0 aliphatic heterocycles. The fourth-order valence-corrected chi connectivity index (χ4v) is 1.70. The smallest absolute Gasteiger partial charge is 0.177 e. The Labute approximate surface area is 95.3 Å². The van der Waals surface area contributed by atoms with Gasteiger partial charge in [-0.1, -0.05) is 13.8 Å². The lowest BCUT2D eigenvalue weighted by Gasteiger charge is -2.23. The number of hydrogen-bond acceptors (Lipinski definition) is 3. The summed E-state index contributed by atoms with van der Waals surface area (Å²) in [7, 11) is 0. The van der Waals surface area contributed by atoms with Gasteiger partial charge in [-0.05, 0) is 25.0 Å². The Hall–Kier alpha value is -1.42. The Morgan fingerprint density at radius 3 is 2.88 bits per heavy atom. The molecule has 0 fully saturated rings. The molecule has 0 radical (unpaired) electrons. The molecule has 0 spiro atoms. The molecular weight excluding hydrogens is 200 g/mol. The van der Waals surface area contributed by atoms with E-state index in [1.807, 2.05) is 13.1 Å². The Bertz CT molecular complexity index is 497. The molecule has 2 aromatic heterocycles. The van der Waals surface area contributed by atoms with Crippen LogP contribution in [0.3, 0.4) is 0 Å². The van der Waals surface area contributed by atoms with Gasteiger partial charge in [-0.2, -0.15) is 0 Å². The highest BCUT2D eigenvalue weighted by molar-refractivity contribution is 5.71. The molecule has 1 unspecified atom stereocenters. The molecular formula is C12H18N4. The van der Waals surface area contributed by atoms with Gasteiger partial charge in [-0.15, -0.1) is 0 Å². The van der Waals surface area contributed by atoms with Crippen molar-refractivity contribution in [3.8, 4) is 0 Å². The monoisotopic (exact) mass is 218 g/mol. The van der Waals surface area contributed by atoms with Gasteiger partial charge in [-0.3, -0.25) is 0 Å². The minimum absolute atomic E-state index is 0.0887. The number of pyridine rings is 1. The number of aromatic nitrogens is 3. The van der Waals surface area contributed by atoms with Gasteiger partial charge in [0.25, 0.3) is 0 Å². The second-order valence-electron chi connectivity index (χ2n) is 4.59. The molecule has 0 aliphatic rings. The Balaban J connectivity index is 2.54. The van der Waals surface area contributed by atoms with Crippen molar-refractivity contribution in [2.75, 3.05) is 6.54 Å². The quantitative estimate of drug-likeness (QED) is 0.826. The molecule has 0 aliphatic carbocycles. The fourth-order valence-electron chi connectivity index (χ4n) is 1.70. The molecule has 0 aromatic carbocycles. The van der Waals surface area contributed by atoms with Crippen molar-refractivity contribution in [3.05, 3.63) is 23.7 Å². The van der Waals surface area contributed by atoms with E-state index in [2.05, 4.69) is 34.9 Å². The lowest BCUT2D eigenvalue weighted by atomic mass is 9.87. The van der Waals surface area contributed by atoms with Crippen LogP contribution in [0.25, 0.3) is 11.2 Å². The Morgan fingerprint density at radius 2 is 2.25 bits per heavy atom. The molecule has 0 saturated heterocycles. The predicted molar refractivity (Wildman–Crippen MR) is 65.3 cm³/mol. The van der Waals surface area contributed by atoms with Crippen LogP contribution in [0.2, 0.25) is 0 Å². The number of fused-ring (bicyclic) bond motifs is 1. The lowest BCUT2D eigenvalue weighted by molar-refractivity contribution is 0.443. The number of hydrogen-bond donors (Lipinski definition) is 2. The second-order valence-corrected chi connectivity index (χ2v) is 4.59. The SMILES string of the molecule is CCC(C)(CN)c1nc2ncc(C)cc2[nH]1. The predicted octanol–water partition coefficient (Wildman–Crippen LogP) is 1.89. The maximum atomic E-state index is 5.82. The number of aromatic amines is 1. The first kappa shape index (κ1) is 11.1. The number of nitrogens with zero attached hydrogens (tertiary/aromatic N) is 2. The molecule has 0 saturated carbocycles. The van der Waals surface area contributed by atoms with Gasteiger partial charge >= 0.3 is 0 Å². The van der Waals surface area contributed by atoms with Gasteiger partial charge in [-0.25, -0.2) is 9.97 Å². The molecule has 0 bridgehead atoms. The van der Waals surface area contributed by atoms with Gasteiger partial charge in [0.05, 0.1) is 5.52 Å². The topological polar surface area (TPSA) is 67.6 Å². The van der Waals surface area contributed by atoms with E-state index in [0.717, 1.165) is 29.0 Å². The number of nitrogens with two attached hydrogens (primary N) is 1. The Kier molecular flexibility index (Phi) is 2.68. The molecule has 86 valence electrons. The molecule has 1 atom stereocenters. The average molecular weight is 218 g/mol. The largest absolute Gasteiger partial charge is 0.340 e. The third-order valence-electron chi connectivity index (χ3n) is 3.28. The van der Waals surface area contributed by atoms with E-state index in [1.165, 1.54) is 0 Å². The fraction of sp³-hybridized carbons (Fsp3) is 0.500. The molecule has 2 aromatic rings. The van der Waals surface area contributed by atoms with Crippen LogP contribution >= 0.6 is 0 Å². The molecule has 4 heteroatoms. The first-order valence-corrected chi connectivity index (χ1v) is 5.62. The van der Waals surface area contributed by atoms with Crippen LogP contribution < -0.4 is 5.73 Å². The van der Waals surface area contributed by atoms with Gasteiger partial charge in [0, 0.05) is 18.2 Å². The van der Waals surface area contributed by atoms with E-state index in [4.69, 9.17) is 5.73 Å². The summed E-state index contributed by atoms with van der Waals surface area (Å²) in [6, 6.07) is 2.06. The number of imidazole rings is 1. The maximum Gasteiger partial charge on any atom is 0.177 e. The van der Waals surface area contributed by atoms with Crippen molar-refractivity contribution in [1.29, 1.82) is 0 Å². The first-order valence-electron chi connectivity index (χ1n) is 5.62. The van der Waals surface area contributed by atoms with Crippen molar-refractivity contribution < 1.29 is 0 Å². The van der Waals surface area contributed by atoms with Gasteiger partial charge in [0.1, 0.15) is 5.82 Å². The number of H-pyrrole nitrogens is 1. The summed E-state index contributed by atoms with van der Waals surface area (Å²) in [6.07, 6.45) is 2.79. The number of nitrogens with one attached hydrogen (secondary N) is 1. The standard InChI is InChI=1S/C12H18N4/c1-4-12(3,7-13)11-15-9-5-8(2)6-14-10(9)16-11/h5-6H,4,7,13H2,1-3H3,(H,14,15,16). The van der Waals surface area contributed by atoms with E-state index in [-0.39, 0.29) is 5.41 Å². The summed E-state index contributed by atoms with van der Waals surface area (Å²) in [5.74, 6) is 0.936. The highest BCUT2D eigenvalue weighted by atomic mass is 15.0. The molecule has 0 amide bonds. The van der Waals surface area contributed by atoms with Crippen LogP contribution in [0.15, 0.2) is 12.3 Å². The molecule has 3 N–H and O–H groups in total. The molecule has 2 heterocycles. The zero-order valence-corrected chi connectivity index (χ0v) is 10.0. The third-order valence-corrected chi connectivity index (χ3v) is 3.28. The van der Waals surface area contributed by atoms with E-state index in [1.54, 1.807) is 0 Å². The summed E-state index contributed by atoms with van der Waals surface area (Å²) in [5, 5.41) is 0.